The van der Waals surface area contributed by atoms with E-state index >= 15 is 0 Å². The molecule has 0 spiro atoms. The smallest absolute Gasteiger partial charge is 0.250 e. The van der Waals surface area contributed by atoms with E-state index in [1.54, 1.807) is 30.1 Å². The van der Waals surface area contributed by atoms with Crippen LogP contribution in [0.4, 0.5) is 8.78 Å². The minimum Gasteiger partial charge on any atom is -0.271 e. The third-order valence-corrected chi connectivity index (χ3v) is 4.82. The molecule has 1 saturated carbocycles. The van der Waals surface area contributed by atoms with E-state index in [0.717, 1.165) is 0 Å². The molecule has 1 aromatic rings. The highest BCUT2D eigenvalue weighted by atomic mass is 32.2. The van der Waals surface area contributed by atoms with E-state index in [4.69, 9.17) is 0 Å². The summed E-state index contributed by atoms with van der Waals surface area (Å²) in [5.41, 5.74) is 0. The number of alkyl halides is 2. The Morgan fingerprint density at radius 1 is 1.56 bits per heavy atom. The van der Waals surface area contributed by atoms with E-state index in [1.807, 2.05) is 0 Å². The van der Waals surface area contributed by atoms with Gasteiger partial charge in [0.1, 0.15) is 0 Å². The number of sulfonamides is 1. The minimum atomic E-state index is -3.67. The Bertz CT molecular complexity index is 493. The molecule has 0 aliphatic heterocycles. The summed E-state index contributed by atoms with van der Waals surface area (Å²) in [6.45, 7) is 2.05. The first-order chi connectivity index (χ1) is 8.28. The van der Waals surface area contributed by atoms with Gasteiger partial charge in [-0.3, -0.25) is 4.68 Å². The van der Waals surface area contributed by atoms with Crippen molar-refractivity contribution in [2.75, 3.05) is 0 Å². The van der Waals surface area contributed by atoms with Crippen LogP contribution >= 0.6 is 0 Å². The molecular formula is C10H15F2N3O2S. The van der Waals surface area contributed by atoms with Crippen LogP contribution in [0, 0.1) is 0 Å². The van der Waals surface area contributed by atoms with Gasteiger partial charge in [0.05, 0.1) is 11.8 Å². The number of rotatable bonds is 5. The summed E-state index contributed by atoms with van der Waals surface area (Å²) in [5.74, 6) is -2.83. The van der Waals surface area contributed by atoms with Gasteiger partial charge in [0.25, 0.3) is 5.92 Å². The van der Waals surface area contributed by atoms with Crippen molar-refractivity contribution in [1.29, 1.82) is 0 Å². The quantitative estimate of drug-likeness (QED) is 0.874. The Balaban J connectivity index is 1.89. The molecule has 18 heavy (non-hydrogen) atoms. The van der Waals surface area contributed by atoms with Crippen LogP contribution in [0.3, 0.4) is 0 Å². The highest BCUT2D eigenvalue weighted by Gasteiger charge is 2.51. The highest BCUT2D eigenvalue weighted by molar-refractivity contribution is 7.90. The van der Waals surface area contributed by atoms with E-state index in [0.29, 0.717) is 6.54 Å². The largest absolute Gasteiger partial charge is 0.271 e. The van der Waals surface area contributed by atoms with Gasteiger partial charge in [-0.05, 0) is 13.0 Å². The van der Waals surface area contributed by atoms with Crippen LogP contribution in [0.25, 0.3) is 0 Å². The number of halogens is 2. The molecule has 0 amide bonds. The molecule has 1 unspecified atom stereocenters. The van der Waals surface area contributed by atoms with E-state index < -0.39 is 34.0 Å². The van der Waals surface area contributed by atoms with Gasteiger partial charge in [-0.15, -0.1) is 0 Å². The molecular weight excluding hydrogens is 264 g/mol. The van der Waals surface area contributed by atoms with Gasteiger partial charge >= 0.3 is 0 Å². The van der Waals surface area contributed by atoms with E-state index in [9.17, 15) is 17.2 Å². The van der Waals surface area contributed by atoms with Gasteiger partial charge < -0.3 is 0 Å². The summed E-state index contributed by atoms with van der Waals surface area (Å²) >= 11 is 0. The van der Waals surface area contributed by atoms with Gasteiger partial charge in [-0.1, -0.05) is 0 Å². The number of aromatic nitrogens is 2. The van der Waals surface area contributed by atoms with Crippen LogP contribution < -0.4 is 4.72 Å². The van der Waals surface area contributed by atoms with Gasteiger partial charge in [-0.2, -0.15) is 5.10 Å². The van der Waals surface area contributed by atoms with Gasteiger partial charge in [0, 0.05) is 31.3 Å². The third kappa shape index (κ3) is 3.05. The van der Waals surface area contributed by atoms with Crippen LogP contribution in [-0.2, 0) is 16.6 Å². The van der Waals surface area contributed by atoms with Crippen molar-refractivity contribution in [3.63, 3.8) is 0 Å². The molecule has 1 aliphatic carbocycles. The first-order valence-corrected chi connectivity index (χ1v) is 7.19. The maximum atomic E-state index is 12.7. The average Bonchev–Trinajstić information content (AvgIpc) is 2.65. The fourth-order valence-corrected chi connectivity index (χ4v) is 3.68. The lowest BCUT2D eigenvalue weighted by Gasteiger charge is -2.34. The molecule has 1 atom stereocenters. The van der Waals surface area contributed by atoms with Gasteiger partial charge in [0.15, 0.2) is 0 Å². The Hall–Kier alpha value is -1.02. The maximum absolute atomic E-state index is 12.7. The summed E-state index contributed by atoms with van der Waals surface area (Å²) in [6, 6.07) is 1.34. The van der Waals surface area contributed by atoms with Crippen molar-refractivity contribution >= 4 is 10.0 Å². The average molecular weight is 279 g/mol. The molecule has 0 saturated heterocycles. The second-order valence-electron chi connectivity index (χ2n) is 4.68. The number of nitrogens with one attached hydrogen (secondary N) is 1. The summed E-state index contributed by atoms with van der Waals surface area (Å²) in [4.78, 5) is 0. The van der Waals surface area contributed by atoms with Crippen molar-refractivity contribution in [2.24, 2.45) is 0 Å². The minimum absolute atomic E-state index is 0.370. The molecule has 0 radical (unpaired) electrons. The second kappa shape index (κ2) is 4.58. The van der Waals surface area contributed by atoms with Crippen molar-refractivity contribution in [3.05, 3.63) is 18.5 Å². The lowest BCUT2D eigenvalue weighted by Crippen LogP contribution is -2.51. The van der Waals surface area contributed by atoms with Crippen LogP contribution in [0.5, 0.6) is 0 Å². The Labute approximate surface area is 104 Å². The van der Waals surface area contributed by atoms with Crippen molar-refractivity contribution in [2.45, 2.75) is 43.5 Å². The molecule has 5 nitrogen and oxygen atoms in total. The highest BCUT2D eigenvalue weighted by Crippen LogP contribution is 2.41. The first kappa shape index (κ1) is 13.4. The Morgan fingerprint density at radius 3 is 2.72 bits per heavy atom. The fraction of sp³-hybridized carbons (Fsp3) is 0.700. The zero-order chi connectivity index (χ0) is 13.4. The molecule has 0 aromatic carbocycles. The molecule has 1 fully saturated rings. The SMILES string of the molecule is CC(Cn1cccn1)NS(=O)(=O)C1CC(F)(F)C1. The second-order valence-corrected chi connectivity index (χ2v) is 6.67. The Kier molecular flexibility index (Phi) is 3.41. The van der Waals surface area contributed by atoms with Crippen molar-refractivity contribution in [3.8, 4) is 0 Å². The molecule has 2 rings (SSSR count). The monoisotopic (exact) mass is 279 g/mol. The van der Waals surface area contributed by atoms with Crippen LogP contribution in [-0.4, -0.2) is 35.4 Å². The van der Waals surface area contributed by atoms with Crippen molar-refractivity contribution in [1.82, 2.24) is 14.5 Å². The topological polar surface area (TPSA) is 64.0 Å². The number of hydrogen-bond acceptors (Lipinski definition) is 3. The van der Waals surface area contributed by atoms with Gasteiger partial charge in [0.2, 0.25) is 10.0 Å². The molecule has 1 aliphatic rings. The molecule has 8 heteroatoms. The molecule has 1 aromatic heterocycles. The summed E-state index contributed by atoms with van der Waals surface area (Å²) in [5, 5.41) is 2.97. The zero-order valence-electron chi connectivity index (χ0n) is 9.88. The van der Waals surface area contributed by atoms with E-state index in [1.165, 1.54) is 0 Å². The molecule has 1 N–H and O–H groups in total. The normalized spacial score (nSPS) is 21.5. The predicted octanol–water partition coefficient (Wildman–Crippen LogP) is 0.989. The van der Waals surface area contributed by atoms with Crippen LogP contribution in [0.15, 0.2) is 18.5 Å². The summed E-state index contributed by atoms with van der Waals surface area (Å²) in [6.07, 6.45) is 2.13. The first-order valence-electron chi connectivity index (χ1n) is 5.65. The van der Waals surface area contributed by atoms with E-state index in [2.05, 4.69) is 9.82 Å². The summed E-state index contributed by atoms with van der Waals surface area (Å²) in [7, 11) is -3.67. The van der Waals surface area contributed by atoms with Crippen LogP contribution in [0.2, 0.25) is 0 Å². The fourth-order valence-electron chi connectivity index (χ4n) is 1.93. The predicted molar refractivity (Wildman–Crippen MR) is 61.7 cm³/mol. The van der Waals surface area contributed by atoms with Gasteiger partial charge in [-0.25, -0.2) is 21.9 Å². The van der Waals surface area contributed by atoms with Crippen molar-refractivity contribution < 1.29 is 17.2 Å². The Morgan fingerprint density at radius 2 is 2.22 bits per heavy atom. The maximum Gasteiger partial charge on any atom is 0.250 e. The zero-order valence-corrected chi connectivity index (χ0v) is 10.7. The van der Waals surface area contributed by atoms with E-state index in [-0.39, 0.29) is 6.04 Å². The molecule has 102 valence electrons. The summed E-state index contributed by atoms with van der Waals surface area (Å²) < 4.78 is 52.8. The molecule has 0 bridgehead atoms. The lowest BCUT2D eigenvalue weighted by atomic mass is 9.94. The third-order valence-electron chi connectivity index (χ3n) is 2.88. The van der Waals surface area contributed by atoms with Crippen LogP contribution in [0.1, 0.15) is 19.8 Å². The number of nitrogens with zero attached hydrogens (tertiary/aromatic N) is 2. The lowest BCUT2D eigenvalue weighted by molar-refractivity contribution is -0.0688. The number of hydrogen-bond donors (Lipinski definition) is 1. The molecule has 1 heterocycles. The standard InChI is InChI=1S/C10H15F2N3O2S/c1-8(7-15-4-2-3-13-15)14-18(16,17)9-5-10(11,12)6-9/h2-4,8-9,14H,5-7H2,1H3.